The van der Waals surface area contributed by atoms with Gasteiger partial charge in [0.1, 0.15) is 5.82 Å². The molecular weight excluding hydrogens is 480 g/mol. The van der Waals surface area contributed by atoms with Crippen molar-refractivity contribution in [1.82, 2.24) is 4.90 Å². The molecule has 0 fully saturated rings. The van der Waals surface area contributed by atoms with Gasteiger partial charge in [-0.15, -0.1) is 11.3 Å². The lowest BCUT2D eigenvalue weighted by atomic mass is 9.95. The molecule has 0 radical (unpaired) electrons. The maximum Gasteiger partial charge on any atom is 0.308 e. The Labute approximate surface area is 175 Å². The largest absolute Gasteiger partial charge is 0.416 e. The second kappa shape index (κ2) is 9.25. The number of Topliss-reactive ketones (excluding diaryl/α,β-unsaturated/α-hetero) is 1. The molecule has 0 bridgehead atoms. The van der Waals surface area contributed by atoms with Crippen molar-refractivity contribution in [2.75, 3.05) is 11.0 Å². The van der Waals surface area contributed by atoms with E-state index in [1.165, 1.54) is 24.3 Å². The van der Waals surface area contributed by atoms with Crippen molar-refractivity contribution in [3.63, 3.8) is 0 Å². The highest BCUT2D eigenvalue weighted by Crippen LogP contribution is 2.37. The van der Waals surface area contributed by atoms with Crippen molar-refractivity contribution in [2.45, 2.75) is 38.8 Å². The van der Waals surface area contributed by atoms with Gasteiger partial charge >= 0.3 is 5.97 Å². The third kappa shape index (κ3) is 4.94. The summed E-state index contributed by atoms with van der Waals surface area (Å²) in [7, 11) is 0. The van der Waals surface area contributed by atoms with Gasteiger partial charge < -0.3 is 4.74 Å². The van der Waals surface area contributed by atoms with Crippen LogP contribution in [0.15, 0.2) is 30.3 Å². The number of benzene rings is 1. The lowest BCUT2D eigenvalue weighted by molar-refractivity contribution is -0.131. The molecule has 1 unspecified atom stereocenters. The zero-order valence-electron chi connectivity index (χ0n) is 15.0. The minimum absolute atomic E-state index is 0.0515. The molecule has 4 nitrogen and oxygen atoms in total. The Kier molecular flexibility index (Phi) is 6.99. The molecule has 1 aromatic carbocycles. The second-order valence-corrected chi connectivity index (χ2v) is 8.69. The van der Waals surface area contributed by atoms with Crippen LogP contribution in [0.1, 0.15) is 41.8 Å². The zero-order chi connectivity index (χ0) is 19.4. The van der Waals surface area contributed by atoms with Crippen LogP contribution >= 0.6 is 33.9 Å². The van der Waals surface area contributed by atoms with Crippen LogP contribution in [0.5, 0.6) is 5.06 Å². The number of nitrogens with zero attached hydrogens (tertiary/aromatic N) is 1. The predicted octanol–water partition coefficient (Wildman–Crippen LogP) is 4.70. The van der Waals surface area contributed by atoms with Crippen LogP contribution in [-0.2, 0) is 22.6 Å². The van der Waals surface area contributed by atoms with Crippen molar-refractivity contribution in [2.24, 2.45) is 0 Å². The summed E-state index contributed by atoms with van der Waals surface area (Å²) in [5.74, 6) is -0.638. The van der Waals surface area contributed by atoms with Gasteiger partial charge in [-0.25, -0.2) is 4.39 Å². The normalized spacial score (nSPS) is 15.2. The van der Waals surface area contributed by atoms with Crippen molar-refractivity contribution >= 4 is 45.7 Å². The van der Waals surface area contributed by atoms with Crippen LogP contribution in [0.4, 0.5) is 4.39 Å². The van der Waals surface area contributed by atoms with E-state index in [1.54, 1.807) is 18.2 Å². The van der Waals surface area contributed by atoms with Crippen LogP contribution in [0.3, 0.4) is 0 Å². The first-order valence-corrected chi connectivity index (χ1v) is 11.2. The highest BCUT2D eigenvalue weighted by atomic mass is 127. The van der Waals surface area contributed by atoms with E-state index in [-0.39, 0.29) is 17.6 Å². The molecular formula is C20H21FINO3S. The van der Waals surface area contributed by atoms with E-state index in [0.29, 0.717) is 30.1 Å². The van der Waals surface area contributed by atoms with Crippen LogP contribution in [0.2, 0.25) is 0 Å². The number of ether oxygens (including phenoxy) is 1. The van der Waals surface area contributed by atoms with E-state index in [0.717, 1.165) is 27.7 Å². The molecule has 144 valence electrons. The van der Waals surface area contributed by atoms with Gasteiger partial charge in [0, 0.05) is 36.9 Å². The summed E-state index contributed by atoms with van der Waals surface area (Å²) >= 11 is 3.72. The molecule has 2 aromatic rings. The van der Waals surface area contributed by atoms with Crippen molar-refractivity contribution < 1.29 is 18.7 Å². The fourth-order valence-corrected chi connectivity index (χ4v) is 4.82. The number of fused-ring (bicyclic) bond motifs is 1. The summed E-state index contributed by atoms with van der Waals surface area (Å²) in [6.45, 7) is 2.59. The monoisotopic (exact) mass is 501 g/mol. The second-order valence-electron chi connectivity index (χ2n) is 6.51. The van der Waals surface area contributed by atoms with Crippen molar-refractivity contribution in [1.29, 1.82) is 0 Å². The van der Waals surface area contributed by atoms with Gasteiger partial charge in [-0.3, -0.25) is 14.5 Å². The number of alkyl halides is 1. The standard InChI is InChI=1S/C20H21FINO3S/c1-13(24)26-19-11-14-12-23(10-8-18(14)27-19)20(17(25)7-4-9-22)15-5-2-3-6-16(15)21/h2-3,5-6,11,20H,4,7-10,12H2,1H3. The smallest absolute Gasteiger partial charge is 0.308 e. The van der Waals surface area contributed by atoms with E-state index in [4.69, 9.17) is 4.74 Å². The van der Waals surface area contributed by atoms with E-state index in [1.807, 2.05) is 11.0 Å². The highest BCUT2D eigenvalue weighted by Gasteiger charge is 2.32. The maximum absolute atomic E-state index is 14.5. The van der Waals surface area contributed by atoms with Crippen LogP contribution in [0.25, 0.3) is 0 Å². The molecule has 1 aliphatic heterocycles. The average Bonchev–Trinajstić information content (AvgIpc) is 3.02. The Hall–Kier alpha value is -1.32. The Morgan fingerprint density at radius 2 is 2.15 bits per heavy atom. The zero-order valence-corrected chi connectivity index (χ0v) is 18.0. The summed E-state index contributed by atoms with van der Waals surface area (Å²) in [4.78, 5) is 27.3. The molecule has 3 rings (SSSR count). The number of carbonyl (C=O) groups is 2. The van der Waals surface area contributed by atoms with Crippen LogP contribution in [0, 0.1) is 5.82 Å². The lowest BCUT2D eigenvalue weighted by Gasteiger charge is -2.34. The first kappa shape index (κ1) is 20.4. The Morgan fingerprint density at radius 1 is 1.37 bits per heavy atom. The van der Waals surface area contributed by atoms with E-state index in [2.05, 4.69) is 22.6 Å². The number of hydrogen-bond donors (Lipinski definition) is 0. The van der Waals surface area contributed by atoms with Gasteiger partial charge in [-0.1, -0.05) is 40.8 Å². The number of carbonyl (C=O) groups excluding carboxylic acids is 2. The minimum Gasteiger partial charge on any atom is -0.416 e. The van der Waals surface area contributed by atoms with Gasteiger partial charge in [-0.2, -0.15) is 0 Å². The Bertz CT molecular complexity index is 838. The third-order valence-corrected chi connectivity index (χ3v) is 6.42. The van der Waals surface area contributed by atoms with Gasteiger partial charge in [0.25, 0.3) is 0 Å². The van der Waals surface area contributed by atoms with Gasteiger partial charge in [0.2, 0.25) is 0 Å². The molecule has 1 aliphatic rings. The van der Waals surface area contributed by atoms with Crippen molar-refractivity contribution in [3.8, 4) is 5.06 Å². The maximum atomic E-state index is 14.5. The topological polar surface area (TPSA) is 46.6 Å². The average molecular weight is 501 g/mol. The highest BCUT2D eigenvalue weighted by molar-refractivity contribution is 14.1. The quantitative estimate of drug-likeness (QED) is 0.314. The van der Waals surface area contributed by atoms with Gasteiger partial charge in [-0.05, 0) is 35.0 Å². The Morgan fingerprint density at radius 3 is 2.85 bits per heavy atom. The SMILES string of the molecule is CC(=O)Oc1cc2c(s1)CCN(C(C(=O)CCCI)c1ccccc1F)C2. The molecule has 1 atom stereocenters. The minimum atomic E-state index is -0.584. The lowest BCUT2D eigenvalue weighted by Crippen LogP contribution is -2.38. The van der Waals surface area contributed by atoms with E-state index < -0.39 is 6.04 Å². The van der Waals surface area contributed by atoms with E-state index >= 15 is 0 Å². The molecule has 0 aliphatic carbocycles. The van der Waals surface area contributed by atoms with E-state index in [9.17, 15) is 14.0 Å². The van der Waals surface area contributed by atoms with Gasteiger partial charge in [0.05, 0.1) is 6.04 Å². The molecule has 2 heterocycles. The first-order chi connectivity index (χ1) is 13.0. The first-order valence-electron chi connectivity index (χ1n) is 8.86. The third-order valence-electron chi connectivity index (χ3n) is 4.54. The predicted molar refractivity (Wildman–Crippen MR) is 112 cm³/mol. The summed E-state index contributed by atoms with van der Waals surface area (Å²) in [5, 5.41) is 0.577. The molecule has 0 saturated heterocycles. The van der Waals surface area contributed by atoms with Crippen molar-refractivity contribution in [3.05, 3.63) is 52.2 Å². The Balaban J connectivity index is 1.87. The molecule has 0 saturated carbocycles. The molecule has 0 N–H and O–H groups in total. The van der Waals surface area contributed by atoms with Gasteiger partial charge in [0.15, 0.2) is 10.8 Å². The summed E-state index contributed by atoms with van der Waals surface area (Å²) in [6, 6.07) is 7.81. The number of rotatable bonds is 7. The summed E-state index contributed by atoms with van der Waals surface area (Å²) in [5.41, 5.74) is 1.49. The van der Waals surface area contributed by atoms with Crippen LogP contribution < -0.4 is 4.74 Å². The molecule has 27 heavy (non-hydrogen) atoms. The van der Waals surface area contributed by atoms with Crippen LogP contribution in [-0.4, -0.2) is 27.6 Å². The summed E-state index contributed by atoms with van der Waals surface area (Å²) < 4.78 is 20.6. The molecule has 7 heteroatoms. The molecule has 1 aromatic heterocycles. The number of hydrogen-bond acceptors (Lipinski definition) is 5. The fourth-order valence-electron chi connectivity index (χ4n) is 3.39. The molecule has 0 amide bonds. The number of esters is 1. The fraction of sp³-hybridized carbons (Fsp3) is 0.400. The number of halogens is 2. The molecule has 0 spiro atoms. The number of ketones is 1. The summed E-state index contributed by atoms with van der Waals surface area (Å²) in [6.07, 6.45) is 1.98. The number of thiophene rings is 1.